The number of hydrogen-bond acceptors (Lipinski definition) is 6. The van der Waals surface area contributed by atoms with Gasteiger partial charge in [0.1, 0.15) is 21.9 Å². The molecule has 0 atom stereocenters. The van der Waals surface area contributed by atoms with Crippen molar-refractivity contribution in [2.24, 2.45) is 0 Å². The molecule has 0 aliphatic heterocycles. The summed E-state index contributed by atoms with van der Waals surface area (Å²) in [6.45, 7) is 0. The van der Waals surface area contributed by atoms with Gasteiger partial charge in [-0.15, -0.1) is 34.0 Å². The van der Waals surface area contributed by atoms with E-state index in [1.165, 1.54) is 22.7 Å². The van der Waals surface area contributed by atoms with Crippen molar-refractivity contribution in [3.8, 4) is 22.6 Å². The number of thiophene rings is 3. The lowest BCUT2D eigenvalue weighted by Gasteiger charge is -1.96. The minimum absolute atomic E-state index is 0.499. The van der Waals surface area contributed by atoms with Crippen LogP contribution in [0.15, 0.2) is 17.5 Å². The lowest BCUT2D eigenvalue weighted by Crippen LogP contribution is -1.85. The predicted molar refractivity (Wildman–Crippen MR) is 76.9 cm³/mol. The van der Waals surface area contributed by atoms with Crippen molar-refractivity contribution in [1.82, 2.24) is 0 Å². The Labute approximate surface area is 115 Å². The molecule has 3 aromatic rings. The van der Waals surface area contributed by atoms with Gasteiger partial charge >= 0.3 is 0 Å². The summed E-state index contributed by atoms with van der Waals surface area (Å²) in [6, 6.07) is 8.23. The van der Waals surface area contributed by atoms with Gasteiger partial charge in [-0.3, -0.25) is 0 Å². The monoisotopic (exact) mass is 287 g/mol. The van der Waals surface area contributed by atoms with Crippen LogP contribution in [0.5, 0.6) is 0 Å². The lowest BCUT2D eigenvalue weighted by atomic mass is 10.1. The van der Waals surface area contributed by atoms with Gasteiger partial charge in [0, 0.05) is 15.8 Å². The standard InChI is InChI=1S/C12H5N3S3/c13-4-7-9(6-2-1-3-16-6)10-11(15)8(5-14)18-12(10)17-7/h1-3H,15H2. The highest BCUT2D eigenvalue weighted by molar-refractivity contribution is 7.39. The van der Waals surface area contributed by atoms with E-state index in [1.807, 2.05) is 17.5 Å². The Kier molecular flexibility index (Phi) is 2.57. The Morgan fingerprint density at radius 3 is 2.44 bits per heavy atom. The van der Waals surface area contributed by atoms with Crippen LogP contribution in [0.3, 0.4) is 0 Å². The van der Waals surface area contributed by atoms with Crippen LogP contribution in [0.25, 0.3) is 19.8 Å². The summed E-state index contributed by atoms with van der Waals surface area (Å²) in [6.07, 6.45) is 0. The molecule has 0 aliphatic rings. The summed E-state index contributed by atoms with van der Waals surface area (Å²) in [7, 11) is 0. The number of nitriles is 2. The Morgan fingerprint density at radius 1 is 1.11 bits per heavy atom. The normalized spacial score (nSPS) is 10.3. The minimum atomic E-state index is 0.499. The summed E-state index contributed by atoms with van der Waals surface area (Å²) in [5, 5.41) is 21.1. The molecule has 6 heteroatoms. The van der Waals surface area contributed by atoms with Gasteiger partial charge in [-0.25, -0.2) is 0 Å². The minimum Gasteiger partial charge on any atom is -0.396 e. The topological polar surface area (TPSA) is 73.6 Å². The molecule has 0 unspecified atom stereocenters. The van der Waals surface area contributed by atoms with Gasteiger partial charge in [0.05, 0.1) is 9.70 Å². The zero-order chi connectivity index (χ0) is 12.7. The molecule has 2 N–H and O–H groups in total. The van der Waals surface area contributed by atoms with E-state index < -0.39 is 0 Å². The quantitative estimate of drug-likeness (QED) is 0.734. The molecule has 0 radical (unpaired) electrons. The Morgan fingerprint density at radius 2 is 1.83 bits per heavy atom. The average molecular weight is 287 g/mol. The van der Waals surface area contributed by atoms with Gasteiger partial charge < -0.3 is 5.73 Å². The summed E-state index contributed by atoms with van der Waals surface area (Å²) < 4.78 is 0.948. The lowest BCUT2D eigenvalue weighted by molar-refractivity contribution is 1.52. The van der Waals surface area contributed by atoms with E-state index >= 15 is 0 Å². The molecule has 0 amide bonds. The number of rotatable bonds is 1. The molecule has 0 spiro atoms. The largest absolute Gasteiger partial charge is 0.396 e. The highest BCUT2D eigenvalue weighted by Crippen LogP contribution is 2.47. The first-order valence-corrected chi connectivity index (χ1v) is 7.46. The molecule has 86 valence electrons. The number of nitrogens with two attached hydrogens (primary N) is 1. The SMILES string of the molecule is N#Cc1sc2sc(C#N)c(-c3cccs3)c2c1N. The maximum absolute atomic E-state index is 9.22. The summed E-state index contributed by atoms with van der Waals surface area (Å²) in [5.74, 6) is 0. The zero-order valence-electron chi connectivity index (χ0n) is 8.93. The Hall–Kier alpha value is -1.86. The van der Waals surface area contributed by atoms with E-state index in [4.69, 9.17) is 11.0 Å². The average Bonchev–Trinajstić information content (AvgIpc) is 3.05. The van der Waals surface area contributed by atoms with Crippen molar-refractivity contribution in [3.05, 3.63) is 27.3 Å². The molecular formula is C12H5N3S3. The fourth-order valence-electron chi connectivity index (χ4n) is 1.81. The van der Waals surface area contributed by atoms with Crippen LogP contribution in [0.1, 0.15) is 9.75 Å². The van der Waals surface area contributed by atoms with Crippen molar-refractivity contribution in [1.29, 1.82) is 10.5 Å². The van der Waals surface area contributed by atoms with E-state index in [2.05, 4.69) is 12.1 Å². The summed E-state index contributed by atoms with van der Waals surface area (Å²) in [5.41, 5.74) is 7.39. The van der Waals surface area contributed by atoms with E-state index in [1.54, 1.807) is 11.3 Å². The fraction of sp³-hybridized carbons (Fsp3) is 0. The van der Waals surface area contributed by atoms with Gasteiger partial charge in [0.15, 0.2) is 0 Å². The van der Waals surface area contributed by atoms with Gasteiger partial charge in [0.2, 0.25) is 0 Å². The van der Waals surface area contributed by atoms with Gasteiger partial charge in [-0.05, 0) is 11.4 Å². The molecular weight excluding hydrogens is 282 g/mol. The van der Waals surface area contributed by atoms with Crippen LogP contribution in [-0.2, 0) is 0 Å². The summed E-state index contributed by atoms with van der Waals surface area (Å²) >= 11 is 4.34. The third-order valence-electron chi connectivity index (χ3n) is 2.56. The zero-order valence-corrected chi connectivity index (χ0v) is 11.4. The van der Waals surface area contributed by atoms with Crippen molar-refractivity contribution in [2.45, 2.75) is 0 Å². The molecule has 3 aromatic heterocycles. The molecule has 3 rings (SSSR count). The van der Waals surface area contributed by atoms with Crippen LogP contribution in [0.4, 0.5) is 5.69 Å². The maximum Gasteiger partial charge on any atom is 0.129 e. The van der Waals surface area contributed by atoms with Crippen molar-refractivity contribution in [3.63, 3.8) is 0 Å². The fourth-order valence-corrected chi connectivity index (χ4v) is 4.94. The van der Waals surface area contributed by atoms with Gasteiger partial charge in [0.25, 0.3) is 0 Å². The van der Waals surface area contributed by atoms with E-state index in [-0.39, 0.29) is 0 Å². The molecule has 3 nitrogen and oxygen atoms in total. The second-order valence-electron chi connectivity index (χ2n) is 3.51. The number of nitrogens with zero attached hydrogens (tertiary/aromatic N) is 2. The molecule has 3 heterocycles. The van der Waals surface area contributed by atoms with Gasteiger partial charge in [-0.2, -0.15) is 10.5 Å². The second-order valence-corrected chi connectivity index (χ2v) is 6.76. The summed E-state index contributed by atoms with van der Waals surface area (Å²) in [4.78, 5) is 2.21. The van der Waals surface area contributed by atoms with Crippen LogP contribution in [-0.4, -0.2) is 0 Å². The molecule has 0 saturated carbocycles. The van der Waals surface area contributed by atoms with Crippen LogP contribution < -0.4 is 5.73 Å². The Balaban J connectivity index is 2.45. The predicted octanol–water partition coefficient (Wildman–Crippen LogP) is 4.02. The van der Waals surface area contributed by atoms with Crippen molar-refractivity contribution < 1.29 is 0 Å². The molecule has 0 fully saturated rings. The first-order valence-electron chi connectivity index (χ1n) is 4.95. The van der Waals surface area contributed by atoms with Crippen molar-refractivity contribution in [2.75, 3.05) is 5.73 Å². The second kappa shape index (κ2) is 4.11. The highest BCUT2D eigenvalue weighted by atomic mass is 32.2. The molecule has 0 aliphatic carbocycles. The number of hydrogen-bond donors (Lipinski definition) is 1. The Bertz CT molecular complexity index is 810. The first-order chi connectivity index (χ1) is 8.76. The van der Waals surface area contributed by atoms with E-state index in [0.29, 0.717) is 15.4 Å². The third-order valence-corrected chi connectivity index (χ3v) is 5.74. The number of nitrogen functional groups attached to an aromatic ring is 1. The van der Waals surface area contributed by atoms with Gasteiger partial charge in [-0.1, -0.05) is 6.07 Å². The van der Waals surface area contributed by atoms with Crippen LogP contribution in [0, 0.1) is 22.7 Å². The smallest absolute Gasteiger partial charge is 0.129 e. The number of anilines is 1. The van der Waals surface area contributed by atoms with Crippen molar-refractivity contribution >= 4 is 49.1 Å². The molecule has 0 bridgehead atoms. The van der Waals surface area contributed by atoms with E-state index in [0.717, 1.165) is 19.8 Å². The third kappa shape index (κ3) is 1.44. The molecule has 18 heavy (non-hydrogen) atoms. The van der Waals surface area contributed by atoms with Crippen LogP contribution >= 0.6 is 34.0 Å². The van der Waals surface area contributed by atoms with E-state index in [9.17, 15) is 5.26 Å². The maximum atomic E-state index is 9.22. The highest BCUT2D eigenvalue weighted by Gasteiger charge is 2.21. The molecule has 0 aromatic carbocycles. The first kappa shape index (κ1) is 11.2. The number of fused-ring (bicyclic) bond motifs is 1. The van der Waals surface area contributed by atoms with Crippen LogP contribution in [0.2, 0.25) is 0 Å². The molecule has 0 saturated heterocycles.